The van der Waals surface area contributed by atoms with Crippen molar-refractivity contribution in [3.63, 3.8) is 0 Å². The lowest BCUT2D eigenvalue weighted by Crippen LogP contribution is -2.15. The van der Waals surface area contributed by atoms with Gasteiger partial charge in [-0.25, -0.2) is 4.79 Å². The summed E-state index contributed by atoms with van der Waals surface area (Å²) < 4.78 is 48.9. The summed E-state index contributed by atoms with van der Waals surface area (Å²) in [5.74, 6) is -1.33. The van der Waals surface area contributed by atoms with E-state index < -0.39 is 23.6 Å². The number of benzene rings is 2. The van der Waals surface area contributed by atoms with Crippen LogP contribution in [0.3, 0.4) is 0 Å². The molecule has 168 valence electrons. The minimum atomic E-state index is -4.57. The lowest BCUT2D eigenvalue weighted by Gasteiger charge is -2.11. The summed E-state index contributed by atoms with van der Waals surface area (Å²) in [6.45, 7) is 1.47. The lowest BCUT2D eigenvalue weighted by molar-refractivity contribution is -0.145. The van der Waals surface area contributed by atoms with Gasteiger partial charge in [0.25, 0.3) is 5.91 Å². The Hall–Kier alpha value is -3.03. The second-order valence-corrected chi connectivity index (χ2v) is 7.37. The van der Waals surface area contributed by atoms with Gasteiger partial charge in [-0.05, 0) is 64.8 Å². The Morgan fingerprint density at radius 2 is 2.00 bits per heavy atom. The molecule has 0 aliphatic rings. The Balaban J connectivity index is 2.21. The molecule has 1 N–H and O–H groups in total. The van der Waals surface area contributed by atoms with Crippen molar-refractivity contribution in [2.24, 2.45) is 0 Å². The summed E-state index contributed by atoms with van der Waals surface area (Å²) in [5.41, 5.74) is -1.09. The maximum atomic E-state index is 12.8. The monoisotopic (exact) mass is 530 g/mol. The van der Waals surface area contributed by atoms with Gasteiger partial charge in [-0.2, -0.15) is 18.4 Å². The van der Waals surface area contributed by atoms with Crippen molar-refractivity contribution in [2.45, 2.75) is 13.1 Å². The third kappa shape index (κ3) is 7.00. The normalized spacial score (nSPS) is 11.5. The third-order valence-corrected chi connectivity index (χ3v) is 4.65. The van der Waals surface area contributed by atoms with Crippen molar-refractivity contribution in [1.82, 2.24) is 0 Å². The molecule has 0 aliphatic carbocycles. The topological polar surface area (TPSA) is 88.4 Å². The van der Waals surface area contributed by atoms with Gasteiger partial charge in [0.15, 0.2) is 12.4 Å². The average molecular weight is 532 g/mol. The quantitative estimate of drug-likeness (QED) is 0.285. The summed E-state index contributed by atoms with van der Waals surface area (Å²) >= 11 is 9.40. The first kappa shape index (κ1) is 25.2. The van der Waals surface area contributed by atoms with Crippen molar-refractivity contribution in [3.05, 3.63) is 62.6 Å². The molecule has 0 heterocycles. The number of amides is 1. The van der Waals surface area contributed by atoms with E-state index in [0.29, 0.717) is 10.0 Å². The number of carbonyl (C=O) groups excluding carboxylic acids is 2. The molecule has 2 aromatic carbocycles. The number of carbonyl (C=O) groups is 2. The maximum Gasteiger partial charge on any atom is 0.416 e. The highest BCUT2D eigenvalue weighted by atomic mass is 79.9. The predicted molar refractivity (Wildman–Crippen MR) is 115 cm³/mol. The number of halogens is 5. The van der Waals surface area contributed by atoms with Crippen molar-refractivity contribution in [2.75, 3.05) is 18.5 Å². The molecule has 0 fully saturated rings. The minimum absolute atomic E-state index is 0.0884. The van der Waals surface area contributed by atoms with E-state index >= 15 is 0 Å². The Labute approximate surface area is 194 Å². The Morgan fingerprint density at radius 3 is 2.59 bits per heavy atom. The molecule has 0 atom stereocenters. The van der Waals surface area contributed by atoms with Crippen LogP contribution in [0.2, 0.25) is 5.02 Å². The van der Waals surface area contributed by atoms with Crippen LogP contribution in [0.15, 0.2) is 46.4 Å². The molecule has 2 rings (SSSR count). The second-order valence-electron chi connectivity index (χ2n) is 6.11. The number of ether oxygens (including phenoxy) is 2. The molecule has 0 aromatic heterocycles. The second kappa shape index (κ2) is 11.0. The number of hydrogen-bond acceptors (Lipinski definition) is 5. The summed E-state index contributed by atoms with van der Waals surface area (Å²) in [7, 11) is 0. The number of nitrogens with one attached hydrogen (secondary N) is 1. The van der Waals surface area contributed by atoms with Gasteiger partial charge in [0, 0.05) is 5.69 Å². The van der Waals surface area contributed by atoms with Gasteiger partial charge in [0.2, 0.25) is 0 Å². The van der Waals surface area contributed by atoms with Crippen LogP contribution in [0, 0.1) is 11.3 Å². The molecule has 1 amide bonds. The SMILES string of the molecule is CCOC(=O)COc1c(Cl)cc(/C=C(/C#N)C(=O)Nc2cccc(C(F)(F)F)c2)cc1Br. The van der Waals surface area contributed by atoms with Gasteiger partial charge in [-0.1, -0.05) is 17.7 Å². The highest BCUT2D eigenvalue weighted by Gasteiger charge is 2.30. The number of nitrogens with zero attached hydrogens (tertiary/aromatic N) is 1. The molecule has 0 spiro atoms. The smallest absolute Gasteiger partial charge is 0.416 e. The molecule has 11 heteroatoms. The third-order valence-electron chi connectivity index (χ3n) is 3.78. The number of hydrogen-bond donors (Lipinski definition) is 1. The van der Waals surface area contributed by atoms with Gasteiger partial charge in [0.1, 0.15) is 11.6 Å². The Morgan fingerprint density at radius 1 is 1.28 bits per heavy atom. The maximum absolute atomic E-state index is 12.8. The van der Waals surface area contributed by atoms with Crippen LogP contribution in [-0.2, 0) is 20.5 Å². The highest BCUT2D eigenvalue weighted by molar-refractivity contribution is 9.10. The molecule has 2 aromatic rings. The van der Waals surface area contributed by atoms with Crippen LogP contribution >= 0.6 is 27.5 Å². The summed E-state index contributed by atoms with van der Waals surface area (Å²) in [5, 5.41) is 11.7. The van der Waals surface area contributed by atoms with Crippen LogP contribution in [0.5, 0.6) is 5.75 Å². The van der Waals surface area contributed by atoms with Crippen molar-refractivity contribution < 1.29 is 32.2 Å². The Kier molecular flexibility index (Phi) is 8.69. The predicted octanol–water partition coefficient (Wildman–Crippen LogP) is 5.61. The van der Waals surface area contributed by atoms with Gasteiger partial charge in [0.05, 0.1) is 21.7 Å². The number of esters is 1. The molecule has 6 nitrogen and oxygen atoms in total. The molecule has 0 bridgehead atoms. The van der Waals surface area contributed by atoms with Crippen LogP contribution in [0.4, 0.5) is 18.9 Å². The first-order chi connectivity index (χ1) is 15.0. The van der Waals surface area contributed by atoms with Gasteiger partial charge in [-0.15, -0.1) is 0 Å². The average Bonchev–Trinajstić information content (AvgIpc) is 2.71. The first-order valence-corrected chi connectivity index (χ1v) is 10.1. The summed E-state index contributed by atoms with van der Waals surface area (Å²) in [6, 6.07) is 8.61. The van der Waals surface area contributed by atoms with E-state index in [1.54, 1.807) is 13.0 Å². The zero-order valence-electron chi connectivity index (χ0n) is 16.4. The van der Waals surface area contributed by atoms with E-state index in [0.717, 1.165) is 18.2 Å². The fraction of sp³-hybridized carbons (Fsp3) is 0.190. The number of nitriles is 1. The van der Waals surface area contributed by atoms with E-state index in [-0.39, 0.29) is 35.2 Å². The van der Waals surface area contributed by atoms with Crippen molar-refractivity contribution in [1.29, 1.82) is 5.26 Å². The van der Waals surface area contributed by atoms with E-state index in [4.69, 9.17) is 21.1 Å². The van der Waals surface area contributed by atoms with Crippen LogP contribution in [-0.4, -0.2) is 25.1 Å². The minimum Gasteiger partial charge on any atom is -0.479 e. The zero-order chi connectivity index (χ0) is 23.9. The van der Waals surface area contributed by atoms with E-state index in [1.165, 1.54) is 24.3 Å². The largest absolute Gasteiger partial charge is 0.479 e. The summed E-state index contributed by atoms with van der Waals surface area (Å²) in [6.07, 6.45) is -3.37. The van der Waals surface area contributed by atoms with E-state index in [9.17, 15) is 28.0 Å². The lowest BCUT2D eigenvalue weighted by atomic mass is 10.1. The number of rotatable bonds is 7. The molecular formula is C21H15BrClF3N2O4. The molecule has 0 aliphatic heterocycles. The van der Waals surface area contributed by atoms with Crippen molar-refractivity contribution >= 4 is 51.2 Å². The van der Waals surface area contributed by atoms with Gasteiger partial charge < -0.3 is 14.8 Å². The standard InChI is InChI=1S/C21H15BrClF3N2O4/c1-2-31-18(29)11-32-19-16(22)7-12(8-17(19)23)6-13(10-27)20(30)28-15-5-3-4-14(9-15)21(24,25)26/h3-9H,2,11H2,1H3,(H,28,30)/b13-6-. The van der Waals surface area contributed by atoms with Crippen LogP contribution in [0.1, 0.15) is 18.1 Å². The van der Waals surface area contributed by atoms with E-state index in [2.05, 4.69) is 21.2 Å². The van der Waals surface area contributed by atoms with Gasteiger partial charge in [-0.3, -0.25) is 4.79 Å². The molecule has 0 saturated heterocycles. The molecule has 32 heavy (non-hydrogen) atoms. The fourth-order valence-electron chi connectivity index (χ4n) is 2.42. The number of alkyl halides is 3. The molecule has 0 radical (unpaired) electrons. The first-order valence-electron chi connectivity index (χ1n) is 8.93. The highest BCUT2D eigenvalue weighted by Crippen LogP contribution is 2.35. The fourth-order valence-corrected chi connectivity index (χ4v) is 3.41. The summed E-state index contributed by atoms with van der Waals surface area (Å²) in [4.78, 5) is 23.8. The Bertz CT molecular complexity index is 1070. The zero-order valence-corrected chi connectivity index (χ0v) is 18.8. The molecular weight excluding hydrogens is 517 g/mol. The molecule has 0 unspecified atom stereocenters. The van der Waals surface area contributed by atoms with Crippen LogP contribution < -0.4 is 10.1 Å². The molecule has 0 saturated carbocycles. The van der Waals surface area contributed by atoms with Crippen molar-refractivity contribution in [3.8, 4) is 11.8 Å². The van der Waals surface area contributed by atoms with Crippen LogP contribution in [0.25, 0.3) is 6.08 Å². The van der Waals surface area contributed by atoms with Gasteiger partial charge >= 0.3 is 12.1 Å². The van der Waals surface area contributed by atoms with E-state index in [1.807, 2.05) is 0 Å². The number of anilines is 1.